The Morgan fingerprint density at radius 2 is 2.05 bits per heavy atom. The van der Waals surface area contributed by atoms with Crippen LogP contribution >= 0.6 is 0 Å². The van der Waals surface area contributed by atoms with Gasteiger partial charge < -0.3 is 15.0 Å². The third-order valence-corrected chi connectivity index (χ3v) is 4.74. The third-order valence-electron chi connectivity index (χ3n) is 4.74. The summed E-state index contributed by atoms with van der Waals surface area (Å²) in [4.78, 5) is 2.56. The molecular formula is C16H32N2O. The first-order chi connectivity index (χ1) is 9.29. The van der Waals surface area contributed by atoms with Gasteiger partial charge in [0.25, 0.3) is 0 Å². The van der Waals surface area contributed by atoms with Crippen molar-refractivity contribution in [3.63, 3.8) is 0 Å². The quantitative estimate of drug-likeness (QED) is 0.732. The average molecular weight is 268 g/mol. The van der Waals surface area contributed by atoms with E-state index in [1.54, 1.807) is 0 Å². The third kappa shape index (κ3) is 5.05. The molecule has 0 bridgehead atoms. The molecule has 3 heteroatoms. The lowest BCUT2D eigenvalue weighted by molar-refractivity contribution is 0.163. The molecule has 0 spiro atoms. The maximum absolute atomic E-state index is 5.57. The molecule has 3 nitrogen and oxygen atoms in total. The van der Waals surface area contributed by atoms with Crippen LogP contribution in [0.15, 0.2) is 0 Å². The lowest BCUT2D eigenvalue weighted by Gasteiger charge is -2.30. The molecule has 2 atom stereocenters. The van der Waals surface area contributed by atoms with E-state index in [4.69, 9.17) is 4.74 Å². The van der Waals surface area contributed by atoms with Gasteiger partial charge in [-0.2, -0.15) is 0 Å². The number of nitrogens with one attached hydrogen (secondary N) is 1. The van der Waals surface area contributed by atoms with Gasteiger partial charge in [-0.1, -0.05) is 19.8 Å². The molecule has 112 valence electrons. The van der Waals surface area contributed by atoms with Crippen LogP contribution in [-0.4, -0.2) is 50.8 Å². The van der Waals surface area contributed by atoms with Crippen LogP contribution < -0.4 is 5.32 Å². The van der Waals surface area contributed by atoms with Gasteiger partial charge >= 0.3 is 0 Å². The number of ether oxygens (including phenoxy) is 1. The maximum Gasteiger partial charge on any atom is 0.0510 e. The van der Waals surface area contributed by atoms with Gasteiger partial charge in [0, 0.05) is 31.7 Å². The fraction of sp³-hybridized carbons (Fsp3) is 1.00. The largest absolute Gasteiger partial charge is 0.381 e. The van der Waals surface area contributed by atoms with Gasteiger partial charge in [-0.05, 0) is 45.2 Å². The molecule has 2 rings (SSSR count). The Morgan fingerprint density at radius 3 is 2.68 bits per heavy atom. The van der Waals surface area contributed by atoms with E-state index in [1.165, 1.54) is 51.6 Å². The second-order valence-corrected chi connectivity index (χ2v) is 6.56. The van der Waals surface area contributed by atoms with E-state index < -0.39 is 0 Å². The zero-order valence-corrected chi connectivity index (χ0v) is 12.9. The molecular weight excluding hydrogens is 236 g/mol. The molecule has 1 aliphatic heterocycles. The van der Waals surface area contributed by atoms with Gasteiger partial charge in [-0.3, -0.25) is 0 Å². The lowest BCUT2D eigenvalue weighted by Crippen LogP contribution is -2.46. The highest BCUT2D eigenvalue weighted by Crippen LogP contribution is 2.25. The summed E-state index contributed by atoms with van der Waals surface area (Å²) in [5, 5.41) is 3.75. The normalized spacial score (nSPS) is 26.4. The Kier molecular flexibility index (Phi) is 6.62. The van der Waals surface area contributed by atoms with E-state index in [2.05, 4.69) is 24.2 Å². The summed E-state index contributed by atoms with van der Waals surface area (Å²) in [5.41, 5.74) is 0. The first-order valence-electron chi connectivity index (χ1n) is 8.29. The molecule has 0 aromatic rings. The molecule has 1 aliphatic carbocycles. The minimum atomic E-state index is 0.619. The number of hydrogen-bond donors (Lipinski definition) is 1. The molecule has 1 heterocycles. The van der Waals surface area contributed by atoms with Gasteiger partial charge in [-0.15, -0.1) is 0 Å². The highest BCUT2D eigenvalue weighted by atomic mass is 16.5. The zero-order chi connectivity index (χ0) is 13.5. The summed E-state index contributed by atoms with van der Waals surface area (Å²) in [7, 11) is 2.30. The van der Waals surface area contributed by atoms with Crippen molar-refractivity contribution in [2.75, 3.05) is 39.9 Å². The summed E-state index contributed by atoms with van der Waals surface area (Å²) in [5.74, 6) is 1.68. The summed E-state index contributed by atoms with van der Waals surface area (Å²) >= 11 is 0. The highest BCUT2D eigenvalue weighted by molar-refractivity contribution is 4.82. The van der Waals surface area contributed by atoms with E-state index in [0.717, 1.165) is 31.6 Å². The SMILES string of the molecule is CCCNC(CN(C)CC1CCCC1)C1CCOC1. The van der Waals surface area contributed by atoms with Crippen LogP contribution in [0.4, 0.5) is 0 Å². The van der Waals surface area contributed by atoms with E-state index in [9.17, 15) is 0 Å². The molecule has 0 amide bonds. The second kappa shape index (κ2) is 8.23. The van der Waals surface area contributed by atoms with Crippen LogP contribution in [0.2, 0.25) is 0 Å². The Bertz CT molecular complexity index is 235. The minimum Gasteiger partial charge on any atom is -0.381 e. The van der Waals surface area contributed by atoms with Crippen molar-refractivity contribution in [3.8, 4) is 0 Å². The summed E-state index contributed by atoms with van der Waals surface area (Å²) in [6, 6.07) is 0.619. The fourth-order valence-electron chi connectivity index (χ4n) is 3.62. The second-order valence-electron chi connectivity index (χ2n) is 6.56. The van der Waals surface area contributed by atoms with Gasteiger partial charge in [0.2, 0.25) is 0 Å². The molecule has 1 saturated heterocycles. The zero-order valence-electron chi connectivity index (χ0n) is 12.9. The average Bonchev–Trinajstić information content (AvgIpc) is 3.06. The minimum absolute atomic E-state index is 0.619. The number of rotatable bonds is 8. The molecule has 2 unspecified atom stereocenters. The van der Waals surface area contributed by atoms with Gasteiger partial charge in [0.15, 0.2) is 0 Å². The van der Waals surface area contributed by atoms with Crippen molar-refractivity contribution < 1.29 is 4.74 Å². The monoisotopic (exact) mass is 268 g/mol. The van der Waals surface area contributed by atoms with Gasteiger partial charge in [0.05, 0.1) is 6.61 Å². The molecule has 0 aromatic carbocycles. The maximum atomic E-state index is 5.57. The summed E-state index contributed by atoms with van der Waals surface area (Å²) < 4.78 is 5.57. The van der Waals surface area contributed by atoms with Crippen LogP contribution in [-0.2, 0) is 4.74 Å². The van der Waals surface area contributed by atoms with Crippen molar-refractivity contribution in [2.45, 2.75) is 51.5 Å². The summed E-state index contributed by atoms with van der Waals surface area (Å²) in [6.45, 7) is 7.78. The Balaban J connectivity index is 1.76. The van der Waals surface area contributed by atoms with Crippen molar-refractivity contribution in [3.05, 3.63) is 0 Å². The standard InChI is InChI=1S/C16H32N2O/c1-3-9-17-16(15-8-10-19-13-15)12-18(2)11-14-6-4-5-7-14/h14-17H,3-13H2,1-2H3. The predicted octanol–water partition coefficient (Wildman–Crippen LogP) is 2.51. The topological polar surface area (TPSA) is 24.5 Å². The van der Waals surface area contributed by atoms with E-state index in [1.807, 2.05) is 0 Å². The van der Waals surface area contributed by atoms with Crippen LogP contribution in [0.25, 0.3) is 0 Å². The lowest BCUT2D eigenvalue weighted by atomic mass is 9.97. The van der Waals surface area contributed by atoms with Crippen LogP contribution in [0, 0.1) is 11.8 Å². The molecule has 0 aromatic heterocycles. The molecule has 2 fully saturated rings. The molecule has 0 radical (unpaired) electrons. The number of likely N-dealkylation sites (N-methyl/N-ethyl adjacent to an activating group) is 1. The van der Waals surface area contributed by atoms with Crippen molar-refractivity contribution in [2.24, 2.45) is 11.8 Å². The van der Waals surface area contributed by atoms with Crippen LogP contribution in [0.5, 0.6) is 0 Å². The Labute approximate surface area is 119 Å². The van der Waals surface area contributed by atoms with E-state index >= 15 is 0 Å². The Hall–Kier alpha value is -0.120. The van der Waals surface area contributed by atoms with E-state index in [-0.39, 0.29) is 0 Å². The fourth-order valence-corrected chi connectivity index (χ4v) is 3.62. The number of nitrogens with zero attached hydrogens (tertiary/aromatic N) is 1. The van der Waals surface area contributed by atoms with E-state index in [0.29, 0.717) is 6.04 Å². The van der Waals surface area contributed by atoms with Crippen molar-refractivity contribution in [1.29, 1.82) is 0 Å². The highest BCUT2D eigenvalue weighted by Gasteiger charge is 2.27. The van der Waals surface area contributed by atoms with Gasteiger partial charge in [0.1, 0.15) is 0 Å². The van der Waals surface area contributed by atoms with Gasteiger partial charge in [-0.25, -0.2) is 0 Å². The molecule has 2 aliphatic rings. The summed E-state index contributed by atoms with van der Waals surface area (Å²) in [6.07, 6.45) is 8.25. The first kappa shape index (κ1) is 15.3. The van der Waals surface area contributed by atoms with Crippen molar-refractivity contribution >= 4 is 0 Å². The molecule has 1 saturated carbocycles. The van der Waals surface area contributed by atoms with Crippen LogP contribution in [0.3, 0.4) is 0 Å². The van der Waals surface area contributed by atoms with Crippen molar-refractivity contribution in [1.82, 2.24) is 10.2 Å². The number of hydrogen-bond acceptors (Lipinski definition) is 3. The first-order valence-corrected chi connectivity index (χ1v) is 8.29. The Morgan fingerprint density at radius 1 is 1.26 bits per heavy atom. The predicted molar refractivity (Wildman–Crippen MR) is 80.5 cm³/mol. The smallest absolute Gasteiger partial charge is 0.0510 e. The molecule has 1 N–H and O–H groups in total. The molecule has 19 heavy (non-hydrogen) atoms. The van der Waals surface area contributed by atoms with Crippen LogP contribution in [0.1, 0.15) is 45.4 Å².